The quantitative estimate of drug-likeness (QED) is 0.855. The first-order valence-electron chi connectivity index (χ1n) is 7.37. The normalized spacial score (nSPS) is 27.9. The number of fused-ring (bicyclic) bond motifs is 2. The summed E-state index contributed by atoms with van der Waals surface area (Å²) in [5, 5.41) is 3.15. The third kappa shape index (κ3) is 2.87. The maximum atomic E-state index is 11.9. The summed E-state index contributed by atoms with van der Waals surface area (Å²) in [5.41, 5.74) is 1.01. The first kappa shape index (κ1) is 13.2. The van der Waals surface area contributed by atoms with E-state index in [0.717, 1.165) is 23.1 Å². The molecule has 2 aliphatic carbocycles. The molecule has 1 N–H and O–H groups in total. The summed E-state index contributed by atoms with van der Waals surface area (Å²) in [4.78, 5) is 11.9. The lowest BCUT2D eigenvalue weighted by Crippen LogP contribution is -2.37. The molecule has 0 spiro atoms. The average Bonchev–Trinajstić information content (AvgIpc) is 3.08. The Morgan fingerprint density at radius 1 is 1.25 bits per heavy atom. The van der Waals surface area contributed by atoms with Crippen LogP contribution in [0.2, 0.25) is 0 Å². The van der Waals surface area contributed by atoms with Crippen molar-refractivity contribution in [2.75, 3.05) is 7.11 Å². The first-order valence-corrected chi connectivity index (χ1v) is 7.37. The largest absolute Gasteiger partial charge is 0.497 e. The van der Waals surface area contributed by atoms with Gasteiger partial charge in [0.1, 0.15) is 5.75 Å². The Kier molecular flexibility index (Phi) is 3.77. The van der Waals surface area contributed by atoms with E-state index >= 15 is 0 Å². The van der Waals surface area contributed by atoms with Gasteiger partial charge in [-0.2, -0.15) is 0 Å². The number of rotatable bonds is 4. The zero-order valence-corrected chi connectivity index (χ0v) is 11.8. The molecule has 2 fully saturated rings. The lowest BCUT2D eigenvalue weighted by atomic mass is 9.95. The summed E-state index contributed by atoms with van der Waals surface area (Å²) in [6.07, 6.45) is 8.62. The summed E-state index contributed by atoms with van der Waals surface area (Å²) in [7, 11) is 1.65. The first-order chi connectivity index (χ1) is 9.74. The molecule has 3 atom stereocenters. The van der Waals surface area contributed by atoms with E-state index in [1.807, 2.05) is 30.3 Å². The van der Waals surface area contributed by atoms with Gasteiger partial charge in [0.25, 0.3) is 0 Å². The third-order valence-electron chi connectivity index (χ3n) is 4.61. The molecule has 3 rings (SSSR count). The summed E-state index contributed by atoms with van der Waals surface area (Å²) in [6.45, 7) is 0. The topological polar surface area (TPSA) is 38.3 Å². The number of benzene rings is 1. The van der Waals surface area contributed by atoms with Crippen molar-refractivity contribution in [2.45, 2.75) is 31.7 Å². The van der Waals surface area contributed by atoms with Gasteiger partial charge in [0, 0.05) is 12.1 Å². The van der Waals surface area contributed by atoms with Crippen LogP contribution in [0.15, 0.2) is 30.3 Å². The highest BCUT2D eigenvalue weighted by atomic mass is 16.5. The molecule has 3 nitrogen and oxygen atoms in total. The van der Waals surface area contributed by atoms with Crippen molar-refractivity contribution < 1.29 is 9.53 Å². The molecule has 1 amide bonds. The second-order valence-electron chi connectivity index (χ2n) is 5.90. The average molecular weight is 271 g/mol. The molecule has 1 aromatic rings. The fourth-order valence-corrected chi connectivity index (χ4v) is 3.54. The summed E-state index contributed by atoms with van der Waals surface area (Å²) >= 11 is 0. The molecule has 106 valence electrons. The van der Waals surface area contributed by atoms with Gasteiger partial charge in [-0.15, -0.1) is 0 Å². The van der Waals surface area contributed by atoms with Gasteiger partial charge in [-0.3, -0.25) is 4.79 Å². The number of hydrogen-bond acceptors (Lipinski definition) is 2. The fourth-order valence-electron chi connectivity index (χ4n) is 3.54. The van der Waals surface area contributed by atoms with E-state index in [0.29, 0.717) is 6.04 Å². The second-order valence-corrected chi connectivity index (χ2v) is 5.90. The number of ether oxygens (including phenoxy) is 1. The minimum Gasteiger partial charge on any atom is -0.497 e. The van der Waals surface area contributed by atoms with E-state index in [4.69, 9.17) is 4.74 Å². The van der Waals surface area contributed by atoms with E-state index in [2.05, 4.69) is 5.32 Å². The molecular formula is C17H21NO2. The van der Waals surface area contributed by atoms with Crippen LogP contribution in [0.3, 0.4) is 0 Å². The van der Waals surface area contributed by atoms with E-state index < -0.39 is 0 Å². The molecule has 2 bridgehead atoms. The van der Waals surface area contributed by atoms with Crippen LogP contribution in [0.1, 0.15) is 31.2 Å². The molecule has 0 saturated heterocycles. The van der Waals surface area contributed by atoms with Crippen molar-refractivity contribution in [3.63, 3.8) is 0 Å². The van der Waals surface area contributed by atoms with Crippen molar-refractivity contribution in [1.82, 2.24) is 5.32 Å². The minimum absolute atomic E-state index is 0.0263. The molecule has 0 unspecified atom stereocenters. The second kappa shape index (κ2) is 5.70. The SMILES string of the molecule is COc1ccc(/C=C/C(=O)N[C@H]2C[C@@H]3CC[C@H]2C3)cc1. The van der Waals surface area contributed by atoms with Crippen LogP contribution in [-0.2, 0) is 4.79 Å². The maximum Gasteiger partial charge on any atom is 0.244 e. The Morgan fingerprint density at radius 3 is 2.65 bits per heavy atom. The standard InChI is InChI=1S/C17H21NO2/c1-20-15-7-3-12(4-8-15)5-9-17(19)18-16-11-13-2-6-14(16)10-13/h3-5,7-9,13-14,16H,2,6,10-11H2,1H3,(H,18,19)/b9-5+/t13-,14+,16+/m1/s1. The Labute approximate surface area is 120 Å². The van der Waals surface area contributed by atoms with Gasteiger partial charge < -0.3 is 10.1 Å². The number of carbonyl (C=O) groups excluding carboxylic acids is 1. The van der Waals surface area contributed by atoms with Gasteiger partial charge in [0.2, 0.25) is 5.91 Å². The van der Waals surface area contributed by atoms with Crippen LogP contribution in [0, 0.1) is 11.8 Å². The molecule has 0 heterocycles. The zero-order chi connectivity index (χ0) is 13.9. The van der Waals surface area contributed by atoms with Gasteiger partial charge in [-0.1, -0.05) is 18.6 Å². The number of amides is 1. The highest BCUT2D eigenvalue weighted by Crippen LogP contribution is 2.44. The molecule has 0 aromatic heterocycles. The lowest BCUT2D eigenvalue weighted by Gasteiger charge is -2.22. The molecule has 2 aliphatic rings. The van der Waals surface area contributed by atoms with Gasteiger partial charge in [0.15, 0.2) is 0 Å². The van der Waals surface area contributed by atoms with Gasteiger partial charge >= 0.3 is 0 Å². The van der Waals surface area contributed by atoms with Gasteiger partial charge in [-0.25, -0.2) is 0 Å². The predicted octanol–water partition coefficient (Wildman–Crippen LogP) is 3.01. The van der Waals surface area contributed by atoms with E-state index in [9.17, 15) is 4.79 Å². The number of hydrogen-bond donors (Lipinski definition) is 1. The van der Waals surface area contributed by atoms with E-state index in [-0.39, 0.29) is 5.91 Å². The third-order valence-corrected chi connectivity index (χ3v) is 4.61. The van der Waals surface area contributed by atoms with Crippen LogP contribution in [0.4, 0.5) is 0 Å². The summed E-state index contributed by atoms with van der Waals surface area (Å²) in [5.74, 6) is 2.43. The molecule has 3 heteroatoms. The summed E-state index contributed by atoms with van der Waals surface area (Å²) < 4.78 is 5.11. The molecule has 20 heavy (non-hydrogen) atoms. The van der Waals surface area contributed by atoms with Crippen molar-refractivity contribution in [1.29, 1.82) is 0 Å². The number of methoxy groups -OCH3 is 1. The lowest BCUT2D eigenvalue weighted by molar-refractivity contribution is -0.117. The van der Waals surface area contributed by atoms with Crippen LogP contribution in [-0.4, -0.2) is 19.1 Å². The Hall–Kier alpha value is -1.77. The van der Waals surface area contributed by atoms with E-state index in [1.165, 1.54) is 25.7 Å². The van der Waals surface area contributed by atoms with Crippen molar-refractivity contribution in [3.8, 4) is 5.75 Å². The fraction of sp³-hybridized carbons (Fsp3) is 0.471. The summed E-state index contributed by atoms with van der Waals surface area (Å²) in [6, 6.07) is 8.09. The van der Waals surface area contributed by atoms with E-state index in [1.54, 1.807) is 13.2 Å². The molecular weight excluding hydrogens is 250 g/mol. The minimum atomic E-state index is 0.0263. The maximum absolute atomic E-state index is 11.9. The van der Waals surface area contributed by atoms with Crippen molar-refractivity contribution in [3.05, 3.63) is 35.9 Å². The van der Waals surface area contributed by atoms with Crippen LogP contribution in [0.25, 0.3) is 6.08 Å². The highest BCUT2D eigenvalue weighted by Gasteiger charge is 2.39. The van der Waals surface area contributed by atoms with Gasteiger partial charge in [-0.05, 0) is 54.9 Å². The van der Waals surface area contributed by atoms with Crippen molar-refractivity contribution in [2.24, 2.45) is 11.8 Å². The van der Waals surface area contributed by atoms with Crippen molar-refractivity contribution >= 4 is 12.0 Å². The van der Waals surface area contributed by atoms with Crippen LogP contribution < -0.4 is 10.1 Å². The highest BCUT2D eigenvalue weighted by molar-refractivity contribution is 5.91. The predicted molar refractivity (Wildman–Crippen MR) is 79.4 cm³/mol. The Morgan fingerprint density at radius 2 is 2.05 bits per heavy atom. The van der Waals surface area contributed by atoms with Crippen LogP contribution in [0.5, 0.6) is 5.75 Å². The molecule has 2 saturated carbocycles. The number of nitrogens with one attached hydrogen (secondary N) is 1. The molecule has 1 aromatic carbocycles. The molecule has 0 radical (unpaired) electrons. The monoisotopic (exact) mass is 271 g/mol. The Balaban J connectivity index is 1.54. The van der Waals surface area contributed by atoms with Gasteiger partial charge in [0.05, 0.1) is 7.11 Å². The Bertz CT molecular complexity index is 506. The number of carbonyl (C=O) groups is 1. The molecule has 0 aliphatic heterocycles. The zero-order valence-electron chi connectivity index (χ0n) is 11.8. The van der Waals surface area contributed by atoms with Crippen LogP contribution >= 0.6 is 0 Å². The smallest absolute Gasteiger partial charge is 0.244 e.